The Labute approximate surface area is 118 Å². The lowest BCUT2D eigenvalue weighted by atomic mass is 10.0. The average Bonchev–Trinajstić information content (AvgIpc) is 2.64. The summed E-state index contributed by atoms with van der Waals surface area (Å²) < 4.78 is 21.2. The largest absolute Gasteiger partial charge is 0.422 e. The van der Waals surface area contributed by atoms with Gasteiger partial charge in [0.25, 0.3) is 11.3 Å². The van der Waals surface area contributed by atoms with Gasteiger partial charge in [0.05, 0.1) is 0 Å². The summed E-state index contributed by atoms with van der Waals surface area (Å²) in [6.07, 6.45) is 4.90. The van der Waals surface area contributed by atoms with Gasteiger partial charge >= 0.3 is 5.63 Å². The molecule has 1 aliphatic rings. The SMILES string of the molecule is NS(=O)Oc1ccc2c3c(c(=O)oc2c1)CCCCC3. The van der Waals surface area contributed by atoms with Crippen molar-refractivity contribution < 1.29 is 12.8 Å². The molecule has 0 spiro atoms. The van der Waals surface area contributed by atoms with Crippen molar-refractivity contribution in [3.8, 4) is 5.75 Å². The third-order valence-corrected chi connectivity index (χ3v) is 3.98. The molecule has 20 heavy (non-hydrogen) atoms. The predicted octanol–water partition coefficient (Wildman–Crippen LogP) is 1.98. The highest BCUT2D eigenvalue weighted by Crippen LogP contribution is 2.28. The molecule has 5 nitrogen and oxygen atoms in total. The molecule has 2 aromatic rings. The first-order chi connectivity index (χ1) is 9.65. The van der Waals surface area contributed by atoms with Crippen LogP contribution in [0.5, 0.6) is 5.75 Å². The van der Waals surface area contributed by atoms with Crippen LogP contribution in [-0.2, 0) is 24.1 Å². The van der Waals surface area contributed by atoms with Crippen LogP contribution in [0.4, 0.5) is 0 Å². The van der Waals surface area contributed by atoms with Crippen molar-refractivity contribution in [3.05, 3.63) is 39.7 Å². The molecule has 0 saturated carbocycles. The summed E-state index contributed by atoms with van der Waals surface area (Å²) in [5.74, 6) is 0.329. The van der Waals surface area contributed by atoms with E-state index in [-0.39, 0.29) is 5.63 Å². The van der Waals surface area contributed by atoms with E-state index in [9.17, 15) is 9.00 Å². The van der Waals surface area contributed by atoms with Gasteiger partial charge in [0.1, 0.15) is 11.3 Å². The summed E-state index contributed by atoms with van der Waals surface area (Å²) >= 11 is -1.89. The van der Waals surface area contributed by atoms with E-state index in [4.69, 9.17) is 13.7 Å². The van der Waals surface area contributed by atoms with E-state index < -0.39 is 11.3 Å². The Kier molecular flexibility index (Phi) is 3.58. The number of benzene rings is 1. The van der Waals surface area contributed by atoms with Gasteiger partial charge in [-0.3, -0.25) is 0 Å². The van der Waals surface area contributed by atoms with E-state index in [0.29, 0.717) is 11.3 Å². The highest BCUT2D eigenvalue weighted by molar-refractivity contribution is 7.78. The number of hydrogen-bond acceptors (Lipinski definition) is 4. The van der Waals surface area contributed by atoms with Crippen LogP contribution in [0.1, 0.15) is 30.4 Å². The molecule has 1 atom stereocenters. The molecule has 0 amide bonds. The molecule has 1 aromatic carbocycles. The summed E-state index contributed by atoms with van der Waals surface area (Å²) in [6, 6.07) is 5.09. The Morgan fingerprint density at radius 1 is 1.15 bits per heavy atom. The van der Waals surface area contributed by atoms with Crippen molar-refractivity contribution in [1.82, 2.24) is 0 Å². The van der Waals surface area contributed by atoms with Gasteiger partial charge in [-0.05, 0) is 43.4 Å². The lowest BCUT2D eigenvalue weighted by Gasteiger charge is -2.09. The van der Waals surface area contributed by atoms with Crippen LogP contribution in [0.15, 0.2) is 27.4 Å². The van der Waals surface area contributed by atoms with Gasteiger partial charge in [-0.1, -0.05) is 6.42 Å². The molecular formula is C14H15NO4S. The molecule has 1 unspecified atom stereocenters. The van der Waals surface area contributed by atoms with Gasteiger partial charge in [0.15, 0.2) is 0 Å². The minimum Gasteiger partial charge on any atom is -0.422 e. The maximum atomic E-state index is 12.1. The molecule has 2 N–H and O–H groups in total. The van der Waals surface area contributed by atoms with Crippen LogP contribution < -0.4 is 14.9 Å². The van der Waals surface area contributed by atoms with Crippen LogP contribution >= 0.6 is 0 Å². The number of fused-ring (bicyclic) bond motifs is 3. The summed E-state index contributed by atoms with van der Waals surface area (Å²) in [4.78, 5) is 12.1. The molecule has 0 saturated heterocycles. The van der Waals surface area contributed by atoms with Crippen molar-refractivity contribution in [2.45, 2.75) is 32.1 Å². The number of nitrogens with two attached hydrogens (primary N) is 1. The Morgan fingerprint density at radius 3 is 2.65 bits per heavy atom. The van der Waals surface area contributed by atoms with E-state index in [1.165, 1.54) is 0 Å². The summed E-state index contributed by atoms with van der Waals surface area (Å²) in [6.45, 7) is 0. The number of hydrogen-bond donors (Lipinski definition) is 1. The molecule has 6 heteroatoms. The fourth-order valence-electron chi connectivity index (χ4n) is 2.75. The monoisotopic (exact) mass is 293 g/mol. The minimum atomic E-state index is -1.89. The van der Waals surface area contributed by atoms with Gasteiger partial charge in [0.2, 0.25) is 0 Å². The van der Waals surface area contributed by atoms with E-state index >= 15 is 0 Å². The third kappa shape index (κ3) is 2.48. The van der Waals surface area contributed by atoms with Crippen molar-refractivity contribution in [2.24, 2.45) is 5.14 Å². The summed E-state index contributed by atoms with van der Waals surface area (Å²) in [7, 11) is 0. The smallest absolute Gasteiger partial charge is 0.339 e. The van der Waals surface area contributed by atoms with Gasteiger partial charge < -0.3 is 8.60 Å². The first kappa shape index (κ1) is 13.3. The predicted molar refractivity (Wildman–Crippen MR) is 76.7 cm³/mol. The lowest BCUT2D eigenvalue weighted by Crippen LogP contribution is -2.12. The zero-order valence-corrected chi connectivity index (χ0v) is 11.7. The topological polar surface area (TPSA) is 82.5 Å². The van der Waals surface area contributed by atoms with Gasteiger partial charge in [-0.2, -0.15) is 4.21 Å². The first-order valence-electron chi connectivity index (χ1n) is 6.58. The number of rotatable bonds is 2. The Bertz CT molecular complexity index is 738. The molecule has 1 aliphatic carbocycles. The molecule has 1 aromatic heterocycles. The van der Waals surface area contributed by atoms with Crippen LogP contribution in [0.3, 0.4) is 0 Å². The molecule has 0 aliphatic heterocycles. The standard InChI is InChI=1S/C14H15NO4S/c15-20(17)19-9-6-7-11-10-4-2-1-3-5-12(10)14(16)18-13(11)8-9/h6-8H,1-5,15H2. The molecular weight excluding hydrogens is 278 g/mol. The molecule has 0 bridgehead atoms. The van der Waals surface area contributed by atoms with E-state index in [2.05, 4.69) is 0 Å². The molecule has 3 rings (SSSR count). The van der Waals surface area contributed by atoms with E-state index in [1.807, 2.05) is 6.07 Å². The van der Waals surface area contributed by atoms with Crippen LogP contribution in [0, 0.1) is 0 Å². The van der Waals surface area contributed by atoms with Crippen LogP contribution in [0.25, 0.3) is 11.0 Å². The second kappa shape index (κ2) is 5.38. The minimum absolute atomic E-state index is 0.277. The molecule has 106 valence electrons. The number of aryl methyl sites for hydroxylation is 1. The van der Waals surface area contributed by atoms with Crippen LogP contribution in [0.2, 0.25) is 0 Å². The summed E-state index contributed by atoms with van der Waals surface area (Å²) in [5.41, 5.74) is 2.05. The zero-order chi connectivity index (χ0) is 14.1. The quantitative estimate of drug-likeness (QED) is 0.678. The molecule has 0 fully saturated rings. The maximum absolute atomic E-state index is 12.1. The zero-order valence-electron chi connectivity index (χ0n) is 10.9. The van der Waals surface area contributed by atoms with Crippen molar-refractivity contribution in [2.75, 3.05) is 0 Å². The fourth-order valence-corrected chi connectivity index (χ4v) is 3.04. The second-order valence-corrected chi connectivity index (χ2v) is 5.60. The highest BCUT2D eigenvalue weighted by atomic mass is 32.2. The lowest BCUT2D eigenvalue weighted by molar-refractivity contribution is 0.539. The first-order valence-corrected chi connectivity index (χ1v) is 7.72. The maximum Gasteiger partial charge on any atom is 0.339 e. The highest BCUT2D eigenvalue weighted by Gasteiger charge is 2.17. The Hall–Kier alpha value is -1.66. The normalized spacial score (nSPS) is 16.4. The fraction of sp³-hybridized carbons (Fsp3) is 0.357. The third-order valence-electron chi connectivity index (χ3n) is 3.62. The van der Waals surface area contributed by atoms with Crippen molar-refractivity contribution in [3.63, 3.8) is 0 Å². The molecule has 1 heterocycles. The van der Waals surface area contributed by atoms with Gasteiger partial charge in [-0.15, -0.1) is 0 Å². The average molecular weight is 293 g/mol. The summed E-state index contributed by atoms with van der Waals surface area (Å²) in [5, 5.41) is 6.02. The Morgan fingerprint density at radius 2 is 1.90 bits per heavy atom. The van der Waals surface area contributed by atoms with E-state index in [1.54, 1.807) is 12.1 Å². The molecule has 0 radical (unpaired) electrons. The van der Waals surface area contributed by atoms with Crippen LogP contribution in [-0.4, -0.2) is 4.21 Å². The van der Waals surface area contributed by atoms with Gasteiger partial charge in [-0.25, -0.2) is 9.93 Å². The second-order valence-electron chi connectivity index (χ2n) is 4.91. The van der Waals surface area contributed by atoms with Crippen molar-refractivity contribution in [1.29, 1.82) is 0 Å². The van der Waals surface area contributed by atoms with Crippen molar-refractivity contribution >= 4 is 22.2 Å². The Balaban J connectivity index is 2.18. The van der Waals surface area contributed by atoms with Gasteiger partial charge in [0, 0.05) is 17.0 Å². The van der Waals surface area contributed by atoms with E-state index in [0.717, 1.165) is 48.6 Å².